The van der Waals surface area contributed by atoms with Gasteiger partial charge >= 0.3 is 11.6 Å². The summed E-state index contributed by atoms with van der Waals surface area (Å²) in [5.74, 6) is -0.847. The van der Waals surface area contributed by atoms with Crippen LogP contribution in [0.1, 0.15) is 34.4 Å². The molecule has 8 heteroatoms. The molecule has 0 aliphatic rings. The van der Waals surface area contributed by atoms with E-state index in [9.17, 15) is 19.5 Å². The third-order valence-corrected chi connectivity index (χ3v) is 7.54. The second kappa shape index (κ2) is 11.0. The van der Waals surface area contributed by atoms with Gasteiger partial charge in [-0.2, -0.15) is 0 Å². The molecule has 5 aromatic rings. The summed E-state index contributed by atoms with van der Waals surface area (Å²) in [6, 6.07) is 17.6. The van der Waals surface area contributed by atoms with Crippen molar-refractivity contribution in [2.24, 2.45) is 0 Å². The maximum Gasteiger partial charge on any atom is 0.339 e. The highest BCUT2D eigenvalue weighted by molar-refractivity contribution is 6.30. The van der Waals surface area contributed by atoms with Crippen LogP contribution in [0, 0.1) is 20.8 Å². The number of aryl methyl sites for hydroxylation is 3. The number of benzene rings is 3. The molecule has 0 aliphatic carbocycles. The second-order valence-electron chi connectivity index (χ2n) is 9.94. The normalized spacial score (nSPS) is 12.1. The SMILES string of the molecule is Cc1oc2c(C)c3oc(=O)c(CCC(=O)N[C@H](Cc4ccc(Cl)cc4)C(=O)O)c(C)c3cc2c1-c1ccccc1. The first-order valence-electron chi connectivity index (χ1n) is 12.9. The van der Waals surface area contributed by atoms with Crippen LogP contribution in [0.2, 0.25) is 5.02 Å². The van der Waals surface area contributed by atoms with Gasteiger partial charge in [0, 0.05) is 45.3 Å². The average molecular weight is 558 g/mol. The van der Waals surface area contributed by atoms with Crippen LogP contribution in [-0.2, 0) is 22.4 Å². The molecule has 0 bridgehead atoms. The molecule has 0 saturated heterocycles. The predicted octanol–water partition coefficient (Wildman–Crippen LogP) is 6.53. The average Bonchev–Trinajstić information content (AvgIpc) is 3.26. The Kier molecular flexibility index (Phi) is 7.50. The number of carboxylic acids is 1. The van der Waals surface area contributed by atoms with Gasteiger partial charge in [-0.3, -0.25) is 4.79 Å². The number of amides is 1. The zero-order valence-electron chi connectivity index (χ0n) is 22.3. The van der Waals surface area contributed by atoms with Crippen molar-refractivity contribution >= 4 is 45.4 Å². The van der Waals surface area contributed by atoms with Gasteiger partial charge < -0.3 is 19.3 Å². The monoisotopic (exact) mass is 557 g/mol. The van der Waals surface area contributed by atoms with Crippen molar-refractivity contribution in [3.05, 3.63) is 104 Å². The molecule has 2 N–H and O–H groups in total. The molecule has 0 radical (unpaired) electrons. The van der Waals surface area contributed by atoms with E-state index in [1.807, 2.05) is 57.2 Å². The van der Waals surface area contributed by atoms with Crippen molar-refractivity contribution < 1.29 is 23.5 Å². The van der Waals surface area contributed by atoms with Crippen LogP contribution in [0.4, 0.5) is 0 Å². The van der Waals surface area contributed by atoms with Crippen LogP contribution < -0.4 is 10.9 Å². The minimum Gasteiger partial charge on any atom is -0.480 e. The highest BCUT2D eigenvalue weighted by Crippen LogP contribution is 2.39. The first-order valence-corrected chi connectivity index (χ1v) is 13.3. The summed E-state index contributed by atoms with van der Waals surface area (Å²) in [5.41, 5.74) is 5.16. The van der Waals surface area contributed by atoms with Crippen LogP contribution in [0.5, 0.6) is 0 Å². The topological polar surface area (TPSA) is 110 Å². The number of halogens is 1. The third-order valence-electron chi connectivity index (χ3n) is 7.28. The van der Waals surface area contributed by atoms with Crippen molar-refractivity contribution in [1.29, 1.82) is 0 Å². The number of carboxylic acid groups (broad SMARTS) is 1. The van der Waals surface area contributed by atoms with Crippen molar-refractivity contribution in [2.75, 3.05) is 0 Å². The largest absolute Gasteiger partial charge is 0.480 e. The molecule has 0 fully saturated rings. The van der Waals surface area contributed by atoms with E-state index in [2.05, 4.69) is 5.32 Å². The van der Waals surface area contributed by atoms with E-state index in [4.69, 9.17) is 20.4 Å². The van der Waals surface area contributed by atoms with E-state index in [1.54, 1.807) is 24.3 Å². The number of hydrogen-bond donors (Lipinski definition) is 2. The Morgan fingerprint density at radius 3 is 2.27 bits per heavy atom. The summed E-state index contributed by atoms with van der Waals surface area (Å²) in [5, 5.41) is 14.4. The van der Waals surface area contributed by atoms with Gasteiger partial charge in [-0.15, -0.1) is 0 Å². The van der Waals surface area contributed by atoms with E-state index < -0.39 is 23.5 Å². The van der Waals surface area contributed by atoms with Crippen molar-refractivity contribution in [2.45, 2.75) is 46.1 Å². The first-order chi connectivity index (χ1) is 19.1. The molecular formula is C32H28ClNO6. The molecule has 7 nitrogen and oxygen atoms in total. The van der Waals surface area contributed by atoms with Crippen LogP contribution in [-0.4, -0.2) is 23.0 Å². The van der Waals surface area contributed by atoms with E-state index in [1.165, 1.54) is 0 Å². The molecule has 1 amide bonds. The van der Waals surface area contributed by atoms with E-state index >= 15 is 0 Å². The Balaban J connectivity index is 1.43. The fourth-order valence-corrected chi connectivity index (χ4v) is 5.31. The predicted molar refractivity (Wildman–Crippen MR) is 155 cm³/mol. The standard InChI is InChI=1S/C32H28ClNO6/c1-17-23(13-14-27(35)34-26(31(36)37)15-20-9-11-22(33)12-10-20)32(38)40-29-18(2)30-25(16-24(17)29)28(19(3)39-30)21-7-5-4-6-8-21/h4-12,16,26H,13-15H2,1-3H3,(H,34,35)(H,36,37)/t26-/m1/s1. The lowest BCUT2D eigenvalue weighted by Gasteiger charge is -2.15. The number of furan rings is 1. The fourth-order valence-electron chi connectivity index (χ4n) is 5.19. The molecule has 40 heavy (non-hydrogen) atoms. The van der Waals surface area contributed by atoms with Crippen LogP contribution in [0.3, 0.4) is 0 Å². The number of hydrogen-bond acceptors (Lipinski definition) is 5. The van der Waals surface area contributed by atoms with Crippen molar-refractivity contribution in [1.82, 2.24) is 5.32 Å². The molecule has 1 atom stereocenters. The lowest BCUT2D eigenvalue weighted by atomic mass is 9.96. The van der Waals surface area contributed by atoms with Gasteiger partial charge in [-0.05, 0) is 62.1 Å². The number of nitrogens with one attached hydrogen (secondary N) is 1. The zero-order valence-corrected chi connectivity index (χ0v) is 23.1. The molecule has 5 rings (SSSR count). The maximum absolute atomic E-state index is 13.0. The van der Waals surface area contributed by atoms with Gasteiger partial charge in [-0.1, -0.05) is 54.1 Å². The summed E-state index contributed by atoms with van der Waals surface area (Å²) in [4.78, 5) is 37.6. The van der Waals surface area contributed by atoms with Crippen molar-refractivity contribution in [3.63, 3.8) is 0 Å². The Morgan fingerprint density at radius 2 is 1.60 bits per heavy atom. The van der Waals surface area contributed by atoms with Crippen LogP contribution in [0.15, 0.2) is 74.3 Å². The molecule has 2 aromatic heterocycles. The second-order valence-corrected chi connectivity index (χ2v) is 10.4. The van der Waals surface area contributed by atoms with Gasteiger partial charge in [0.1, 0.15) is 23.0 Å². The zero-order chi connectivity index (χ0) is 28.6. The summed E-state index contributed by atoms with van der Waals surface area (Å²) in [6.07, 6.45) is 0.150. The van der Waals surface area contributed by atoms with E-state index in [0.29, 0.717) is 21.8 Å². The minimum absolute atomic E-state index is 0.0667. The molecule has 2 heterocycles. The van der Waals surface area contributed by atoms with Crippen molar-refractivity contribution in [3.8, 4) is 11.1 Å². The number of aliphatic carboxylic acids is 1. The molecule has 0 unspecified atom stereocenters. The number of carbonyl (C=O) groups is 2. The van der Waals surface area contributed by atoms with Gasteiger partial charge in [0.05, 0.1) is 0 Å². The van der Waals surface area contributed by atoms with Gasteiger partial charge in [-0.25, -0.2) is 9.59 Å². The number of rotatable bonds is 8. The highest BCUT2D eigenvalue weighted by atomic mass is 35.5. The Bertz CT molecular complexity index is 1800. The van der Waals surface area contributed by atoms with Gasteiger partial charge in [0.2, 0.25) is 5.91 Å². The lowest BCUT2D eigenvalue weighted by Crippen LogP contribution is -2.42. The smallest absolute Gasteiger partial charge is 0.339 e. The minimum atomic E-state index is -1.14. The van der Waals surface area contributed by atoms with E-state index in [-0.39, 0.29) is 19.3 Å². The molecule has 0 spiro atoms. The third kappa shape index (κ3) is 5.25. The maximum atomic E-state index is 13.0. The van der Waals surface area contributed by atoms with Gasteiger partial charge in [0.25, 0.3) is 0 Å². The molecule has 0 aliphatic heterocycles. The molecular weight excluding hydrogens is 530 g/mol. The molecule has 204 valence electrons. The lowest BCUT2D eigenvalue weighted by molar-refractivity contribution is -0.141. The molecule has 3 aromatic carbocycles. The van der Waals surface area contributed by atoms with E-state index in [0.717, 1.165) is 44.3 Å². The molecule has 0 saturated carbocycles. The van der Waals surface area contributed by atoms with Gasteiger partial charge in [0.15, 0.2) is 0 Å². The summed E-state index contributed by atoms with van der Waals surface area (Å²) < 4.78 is 11.9. The Labute approximate surface area is 235 Å². The summed E-state index contributed by atoms with van der Waals surface area (Å²) >= 11 is 5.91. The Hall–Kier alpha value is -4.36. The van der Waals surface area contributed by atoms with Crippen LogP contribution in [0.25, 0.3) is 33.1 Å². The summed E-state index contributed by atoms with van der Waals surface area (Å²) in [7, 11) is 0. The Morgan fingerprint density at radius 1 is 0.925 bits per heavy atom. The number of fused-ring (bicyclic) bond motifs is 2. The first kappa shape index (κ1) is 27.2. The number of carbonyl (C=O) groups excluding carboxylic acids is 1. The van der Waals surface area contributed by atoms with Crippen LogP contribution >= 0.6 is 11.6 Å². The fraction of sp³-hybridized carbons (Fsp3) is 0.219. The highest BCUT2D eigenvalue weighted by Gasteiger charge is 2.23. The summed E-state index contributed by atoms with van der Waals surface area (Å²) in [6.45, 7) is 5.62. The quantitative estimate of drug-likeness (QED) is 0.210.